The van der Waals surface area contributed by atoms with Crippen LogP contribution in [0.25, 0.3) is 17.0 Å². The number of fused-ring (bicyclic) bond motifs is 1. The van der Waals surface area contributed by atoms with Crippen LogP contribution >= 0.6 is 0 Å². The lowest BCUT2D eigenvalue weighted by Gasteiger charge is -2.28. The van der Waals surface area contributed by atoms with E-state index >= 15 is 0 Å². The Morgan fingerprint density at radius 2 is 1.93 bits per heavy atom. The molecule has 154 valence electrons. The second-order valence-electron chi connectivity index (χ2n) is 7.23. The van der Waals surface area contributed by atoms with Crippen LogP contribution in [0.2, 0.25) is 0 Å². The van der Waals surface area contributed by atoms with Gasteiger partial charge in [0, 0.05) is 24.0 Å². The lowest BCUT2D eigenvalue weighted by molar-refractivity contribution is 0.103. The van der Waals surface area contributed by atoms with Crippen molar-refractivity contribution in [3.05, 3.63) is 65.2 Å². The average molecular weight is 404 g/mol. The van der Waals surface area contributed by atoms with E-state index in [0.29, 0.717) is 30.1 Å². The maximum atomic E-state index is 13.4. The van der Waals surface area contributed by atoms with Gasteiger partial charge in [0.15, 0.2) is 17.3 Å². The third-order valence-electron chi connectivity index (χ3n) is 5.23. The number of pyridine rings is 1. The highest BCUT2D eigenvalue weighted by Crippen LogP contribution is 2.29. The highest BCUT2D eigenvalue weighted by Gasteiger charge is 2.19. The van der Waals surface area contributed by atoms with E-state index in [0.717, 1.165) is 35.4 Å². The zero-order valence-corrected chi connectivity index (χ0v) is 17.1. The summed E-state index contributed by atoms with van der Waals surface area (Å²) in [5, 5.41) is 10.8. The lowest BCUT2D eigenvalue weighted by atomic mass is 9.98. The van der Waals surface area contributed by atoms with Crippen molar-refractivity contribution in [1.29, 1.82) is 0 Å². The first kappa shape index (κ1) is 19.9. The van der Waals surface area contributed by atoms with Gasteiger partial charge in [-0.1, -0.05) is 24.3 Å². The van der Waals surface area contributed by atoms with Gasteiger partial charge in [0.1, 0.15) is 5.82 Å². The zero-order chi connectivity index (χ0) is 21.1. The number of methoxy groups -OCH3 is 1. The van der Waals surface area contributed by atoms with E-state index in [4.69, 9.17) is 14.5 Å². The Morgan fingerprint density at radius 3 is 2.67 bits per heavy atom. The molecule has 1 fully saturated rings. The fourth-order valence-corrected chi connectivity index (χ4v) is 3.63. The smallest absolute Gasteiger partial charge is 0.189 e. The van der Waals surface area contributed by atoms with Crippen molar-refractivity contribution in [2.75, 3.05) is 38.3 Å². The molecule has 0 unspecified atom stereocenters. The summed E-state index contributed by atoms with van der Waals surface area (Å²) in [6.07, 6.45) is 1.77. The summed E-state index contributed by atoms with van der Waals surface area (Å²) in [5.74, 6) is 1.15. The van der Waals surface area contributed by atoms with Crippen LogP contribution in [0, 0.1) is 0 Å². The van der Waals surface area contributed by atoms with Gasteiger partial charge in [0.25, 0.3) is 0 Å². The van der Waals surface area contributed by atoms with Crippen molar-refractivity contribution in [1.82, 2.24) is 4.98 Å². The van der Waals surface area contributed by atoms with E-state index in [-0.39, 0.29) is 11.5 Å². The number of phenolic OH excluding ortho intramolecular Hbond substituents is 1. The quantitative estimate of drug-likeness (QED) is 0.511. The Kier molecular flexibility index (Phi) is 5.68. The van der Waals surface area contributed by atoms with E-state index in [1.807, 2.05) is 30.3 Å². The van der Waals surface area contributed by atoms with Crippen molar-refractivity contribution in [2.24, 2.45) is 0 Å². The average Bonchev–Trinajstić information content (AvgIpc) is 2.78. The number of nitrogens with zero attached hydrogens (tertiary/aromatic N) is 2. The SMILES string of the molecule is COc1ccc(/C=C(\C)C(=O)c2cc(N3CCOCC3)nc3ccccc23)cc1O. The molecular weight excluding hydrogens is 380 g/mol. The van der Waals surface area contributed by atoms with E-state index in [1.54, 1.807) is 31.2 Å². The number of benzene rings is 2. The fraction of sp³-hybridized carbons (Fsp3) is 0.250. The number of Topliss-reactive ketones (excluding diaryl/α,β-unsaturated/α-hetero) is 1. The molecule has 4 rings (SSSR count). The molecule has 0 spiro atoms. The molecule has 0 bridgehead atoms. The molecule has 1 aromatic heterocycles. The Balaban J connectivity index is 1.73. The summed E-state index contributed by atoms with van der Waals surface area (Å²) in [6.45, 7) is 4.58. The molecule has 1 saturated heterocycles. The number of hydrogen-bond acceptors (Lipinski definition) is 6. The van der Waals surface area contributed by atoms with Crippen molar-refractivity contribution in [2.45, 2.75) is 6.92 Å². The molecule has 6 nitrogen and oxygen atoms in total. The highest BCUT2D eigenvalue weighted by atomic mass is 16.5. The molecule has 0 atom stereocenters. The number of anilines is 1. The third kappa shape index (κ3) is 4.00. The molecule has 1 N–H and O–H groups in total. The van der Waals surface area contributed by atoms with Gasteiger partial charge in [0.2, 0.25) is 0 Å². The molecule has 3 aromatic rings. The van der Waals surface area contributed by atoms with Crippen LogP contribution in [0.5, 0.6) is 11.5 Å². The van der Waals surface area contributed by atoms with Crippen LogP contribution in [0.4, 0.5) is 5.82 Å². The van der Waals surface area contributed by atoms with Crippen LogP contribution in [0.3, 0.4) is 0 Å². The minimum Gasteiger partial charge on any atom is -0.504 e. The van der Waals surface area contributed by atoms with Crippen molar-refractivity contribution in [3.8, 4) is 11.5 Å². The maximum Gasteiger partial charge on any atom is 0.189 e. The van der Waals surface area contributed by atoms with Gasteiger partial charge in [0.05, 0.1) is 25.8 Å². The molecule has 1 aliphatic rings. The van der Waals surface area contributed by atoms with Crippen LogP contribution < -0.4 is 9.64 Å². The zero-order valence-electron chi connectivity index (χ0n) is 17.1. The van der Waals surface area contributed by atoms with Crippen molar-refractivity contribution >= 4 is 28.6 Å². The van der Waals surface area contributed by atoms with Crippen LogP contribution in [0.15, 0.2) is 54.1 Å². The van der Waals surface area contributed by atoms with Gasteiger partial charge in [-0.3, -0.25) is 4.79 Å². The number of carbonyl (C=O) groups excluding carboxylic acids is 1. The standard InChI is InChI=1S/C24H24N2O4/c1-16(13-17-7-8-22(29-2)21(27)14-17)24(28)19-15-23(26-9-11-30-12-10-26)25-20-6-4-3-5-18(19)20/h3-8,13-15,27H,9-12H2,1-2H3/b16-13+. The van der Waals surface area contributed by atoms with Gasteiger partial charge in [-0.2, -0.15) is 0 Å². The lowest BCUT2D eigenvalue weighted by Crippen LogP contribution is -2.36. The van der Waals surface area contributed by atoms with Gasteiger partial charge < -0.3 is 19.5 Å². The fourth-order valence-electron chi connectivity index (χ4n) is 3.63. The maximum absolute atomic E-state index is 13.4. The van der Waals surface area contributed by atoms with Gasteiger partial charge in [-0.15, -0.1) is 0 Å². The first-order valence-electron chi connectivity index (χ1n) is 9.89. The number of allylic oxidation sites excluding steroid dienone is 1. The molecular formula is C24H24N2O4. The van der Waals surface area contributed by atoms with Gasteiger partial charge in [-0.05, 0) is 48.4 Å². The highest BCUT2D eigenvalue weighted by molar-refractivity contribution is 6.17. The Hall–Kier alpha value is -3.38. The predicted molar refractivity (Wildman–Crippen MR) is 117 cm³/mol. The number of aromatic hydroxyl groups is 1. The van der Waals surface area contributed by atoms with E-state index in [1.165, 1.54) is 7.11 Å². The van der Waals surface area contributed by atoms with Crippen LogP contribution in [0.1, 0.15) is 22.8 Å². The summed E-state index contributed by atoms with van der Waals surface area (Å²) in [6, 6.07) is 14.6. The number of phenols is 1. The topological polar surface area (TPSA) is 71.9 Å². The Morgan fingerprint density at radius 1 is 1.17 bits per heavy atom. The second-order valence-corrected chi connectivity index (χ2v) is 7.23. The molecule has 2 heterocycles. The number of ether oxygens (including phenoxy) is 2. The van der Waals surface area contributed by atoms with Crippen molar-refractivity contribution < 1.29 is 19.4 Å². The molecule has 1 aliphatic heterocycles. The largest absolute Gasteiger partial charge is 0.504 e. The molecule has 2 aromatic carbocycles. The Bertz CT molecular complexity index is 1120. The van der Waals surface area contributed by atoms with E-state index < -0.39 is 0 Å². The second kappa shape index (κ2) is 8.55. The summed E-state index contributed by atoms with van der Waals surface area (Å²) in [5.41, 5.74) is 2.71. The number of carbonyl (C=O) groups is 1. The van der Waals surface area contributed by atoms with Crippen LogP contribution in [-0.4, -0.2) is 49.3 Å². The predicted octanol–water partition coefficient (Wildman–Crippen LogP) is 4.07. The summed E-state index contributed by atoms with van der Waals surface area (Å²) in [7, 11) is 1.50. The number of aromatic nitrogens is 1. The molecule has 6 heteroatoms. The summed E-state index contributed by atoms with van der Waals surface area (Å²) in [4.78, 5) is 20.3. The normalized spacial score (nSPS) is 14.7. The molecule has 30 heavy (non-hydrogen) atoms. The first-order valence-corrected chi connectivity index (χ1v) is 9.89. The molecule has 0 radical (unpaired) electrons. The number of rotatable bonds is 5. The van der Waals surface area contributed by atoms with E-state index in [2.05, 4.69) is 4.90 Å². The van der Waals surface area contributed by atoms with Crippen LogP contribution in [-0.2, 0) is 4.74 Å². The third-order valence-corrected chi connectivity index (χ3v) is 5.23. The number of ketones is 1. The minimum absolute atomic E-state index is 0.0375. The minimum atomic E-state index is -0.0709. The van der Waals surface area contributed by atoms with Gasteiger partial charge in [-0.25, -0.2) is 4.98 Å². The number of para-hydroxylation sites is 1. The monoisotopic (exact) mass is 404 g/mol. The first-order chi connectivity index (χ1) is 14.6. The molecule has 0 aliphatic carbocycles. The Labute approximate surface area is 175 Å². The number of hydrogen-bond donors (Lipinski definition) is 1. The molecule has 0 saturated carbocycles. The number of morpholine rings is 1. The van der Waals surface area contributed by atoms with Gasteiger partial charge >= 0.3 is 0 Å². The van der Waals surface area contributed by atoms with Crippen molar-refractivity contribution in [3.63, 3.8) is 0 Å². The molecule has 0 amide bonds. The van der Waals surface area contributed by atoms with E-state index in [9.17, 15) is 9.90 Å². The summed E-state index contributed by atoms with van der Waals surface area (Å²) >= 11 is 0. The summed E-state index contributed by atoms with van der Waals surface area (Å²) < 4.78 is 10.5.